The van der Waals surface area contributed by atoms with Gasteiger partial charge in [-0.05, 0) is 156 Å². The van der Waals surface area contributed by atoms with Crippen molar-refractivity contribution in [3.8, 4) is 92.4 Å². The van der Waals surface area contributed by atoms with Crippen LogP contribution in [0.1, 0.15) is 23.9 Å². The van der Waals surface area contributed by atoms with Crippen LogP contribution in [0, 0.1) is 56.8 Å². The number of pyridine rings is 2. The number of benzene rings is 8. The van der Waals surface area contributed by atoms with Gasteiger partial charge in [-0.1, -0.05) is 152 Å². The highest BCUT2D eigenvalue weighted by Gasteiger charge is 2.15. The van der Waals surface area contributed by atoms with Crippen molar-refractivity contribution in [1.29, 1.82) is 0 Å². The number of aryl methyl sites for hydroxylation is 3. The second-order valence-electron chi connectivity index (χ2n) is 16.0. The van der Waals surface area contributed by atoms with Crippen molar-refractivity contribution < 1.29 is 15.2 Å². The molecule has 0 bridgehead atoms. The van der Waals surface area contributed by atoms with Crippen LogP contribution in [0.2, 0.25) is 0 Å². The molecular formula is C62H46Al2N2O4. The molecule has 0 unspecified atom stereocenters. The molecule has 0 fully saturated rings. The molecule has 2 radical (unpaired) electrons. The van der Waals surface area contributed by atoms with Crippen LogP contribution >= 0.6 is 0 Å². The first kappa shape index (κ1) is 48.2. The Labute approximate surface area is 424 Å². The largest absolute Gasteiger partial charge is 0.881 e. The minimum Gasteiger partial charge on any atom is -0.616 e. The van der Waals surface area contributed by atoms with E-state index in [-0.39, 0.29) is 0 Å². The number of nitrogens with zero attached hydrogens (tertiary/aromatic N) is 2. The quantitative estimate of drug-likeness (QED) is 0.0951. The zero-order valence-electron chi connectivity index (χ0n) is 39.3. The van der Waals surface area contributed by atoms with Crippen LogP contribution < -0.4 is 15.2 Å². The lowest BCUT2D eigenvalue weighted by Gasteiger charge is -2.13. The van der Waals surface area contributed by atoms with Crippen LogP contribution in [0.3, 0.4) is 0 Å². The van der Waals surface area contributed by atoms with Gasteiger partial charge in [0.05, 0.1) is 11.5 Å². The molecule has 6 nitrogen and oxygen atoms in total. The van der Waals surface area contributed by atoms with Crippen LogP contribution in [0.15, 0.2) is 200 Å². The van der Waals surface area contributed by atoms with Crippen molar-refractivity contribution in [2.45, 2.75) is 27.7 Å². The fourth-order valence-electron chi connectivity index (χ4n) is 7.81. The van der Waals surface area contributed by atoms with E-state index in [1.165, 1.54) is 33.2 Å². The molecule has 0 spiro atoms. The van der Waals surface area contributed by atoms with Crippen molar-refractivity contribution in [3.63, 3.8) is 0 Å². The summed E-state index contributed by atoms with van der Waals surface area (Å²) in [5.74, 6) is 15.1. The van der Waals surface area contributed by atoms with Crippen molar-refractivity contribution >= 4 is 64.4 Å². The second-order valence-corrected chi connectivity index (χ2v) is 17.3. The van der Waals surface area contributed by atoms with Crippen LogP contribution in [0.5, 0.6) is 23.0 Å². The summed E-state index contributed by atoms with van der Waals surface area (Å²) in [5.41, 5.74) is 12.0. The van der Waals surface area contributed by atoms with Crippen molar-refractivity contribution in [2.24, 2.45) is 0 Å². The lowest BCUT2D eigenvalue weighted by molar-refractivity contribution is 0.461. The van der Waals surface area contributed by atoms with Crippen LogP contribution in [0.25, 0.3) is 66.0 Å². The van der Waals surface area contributed by atoms with Crippen LogP contribution in [-0.4, -0.2) is 41.7 Å². The molecule has 10 rings (SSSR count). The number of para-hydroxylation sites is 2. The van der Waals surface area contributed by atoms with E-state index in [2.05, 4.69) is 169 Å². The topological polar surface area (TPSA) is 62.7 Å². The summed E-state index contributed by atoms with van der Waals surface area (Å²) >= 11 is -1.42. The van der Waals surface area contributed by atoms with Gasteiger partial charge in [-0.3, -0.25) is 0 Å². The Bertz CT molecular complexity index is 3560. The zero-order valence-corrected chi connectivity index (χ0v) is 41.6. The maximum Gasteiger partial charge on any atom is 0.881 e. The van der Waals surface area contributed by atoms with E-state index in [1.807, 2.05) is 86.6 Å². The zero-order chi connectivity index (χ0) is 48.5. The molecule has 0 aliphatic carbocycles. The Balaban J connectivity index is 0.000000166. The monoisotopic (exact) mass is 936 g/mol. The van der Waals surface area contributed by atoms with Gasteiger partial charge >= 0.3 is 31.8 Å². The van der Waals surface area contributed by atoms with Gasteiger partial charge in [0.2, 0.25) is 0 Å². The summed E-state index contributed by atoms with van der Waals surface area (Å²) in [6, 6.07) is 68.2. The summed E-state index contributed by atoms with van der Waals surface area (Å²) in [6.45, 7) is 7.83. The van der Waals surface area contributed by atoms with Crippen molar-refractivity contribution in [3.05, 3.63) is 217 Å². The fraction of sp³-hybridized carbons (Fsp3) is 0.0645. The van der Waals surface area contributed by atoms with E-state index < -0.39 is 31.8 Å². The van der Waals surface area contributed by atoms with E-state index in [0.29, 0.717) is 0 Å². The number of hydrogen-bond donors (Lipinski definition) is 0. The molecule has 0 saturated carbocycles. The van der Waals surface area contributed by atoms with Crippen LogP contribution in [0.4, 0.5) is 0 Å². The lowest BCUT2D eigenvalue weighted by Crippen LogP contribution is -2.11. The predicted molar refractivity (Wildman–Crippen MR) is 288 cm³/mol. The third kappa shape index (κ3) is 12.7. The number of rotatable bonds is 11. The molecule has 2 heterocycles. The first-order valence-electron chi connectivity index (χ1n) is 22.6. The van der Waals surface area contributed by atoms with E-state index in [0.717, 1.165) is 72.7 Å². The number of hydrogen-bond acceptors (Lipinski definition) is 6. The Morgan fingerprint density at radius 3 is 1.54 bits per heavy atom. The van der Waals surface area contributed by atoms with E-state index in [4.69, 9.17) is 26.6 Å². The van der Waals surface area contributed by atoms with Gasteiger partial charge < -0.3 is 15.2 Å². The number of terminal acetylenes is 1. The molecule has 0 saturated heterocycles. The highest BCUT2D eigenvalue weighted by Crippen LogP contribution is 2.34. The van der Waals surface area contributed by atoms with Gasteiger partial charge in [-0.2, -0.15) is 0 Å². The summed E-state index contributed by atoms with van der Waals surface area (Å²) in [4.78, 5) is 9.43. The van der Waals surface area contributed by atoms with Gasteiger partial charge in [-0.25, -0.2) is 9.97 Å². The first-order valence-corrected chi connectivity index (χ1v) is 24.5. The minimum absolute atomic E-state index is 0.702. The van der Waals surface area contributed by atoms with E-state index >= 15 is 0 Å². The molecule has 334 valence electrons. The SMILES string of the molecule is C#CC#CC#CC.Cc1cc(-c2ccccc2)c2cccc([O][Al][O]c3ccc(-c4ccccc4)cc3)c2n1.Cc1cc(C)c2cccc([O][Al][O]c3ccc4cc(-c5ccccc5)ccc4c3)c2n1. The number of fused-ring (bicyclic) bond motifs is 3. The smallest absolute Gasteiger partial charge is 0.616 e. The van der Waals surface area contributed by atoms with Gasteiger partial charge in [-0.15, -0.1) is 6.42 Å². The van der Waals surface area contributed by atoms with E-state index in [1.54, 1.807) is 6.92 Å². The molecule has 10 aromatic rings. The van der Waals surface area contributed by atoms with E-state index in [9.17, 15) is 0 Å². The molecule has 8 heteroatoms. The Kier molecular flexibility index (Phi) is 16.7. The Hall–Kier alpha value is -8.22. The molecule has 0 atom stereocenters. The average molecular weight is 937 g/mol. The molecular weight excluding hydrogens is 891 g/mol. The molecule has 8 aromatic carbocycles. The maximum atomic E-state index is 6.08. The standard InChI is InChI=1S/C16H13NO.C16H12O.C12H10O.C11H11NO.C7H4.2Al/c1-11-10-14(12-6-3-2-4-7-12)13-8-5-9-15(18)16(13)17-11;17-16-9-8-14-10-13(6-7-15(14)11-16)12-4-2-1-3-5-12;13-12-8-6-11(7-9-12)10-4-2-1-3-5-10;1-7-6-8(2)12-11-9(7)4-3-5-10(11)13;1-3-5-7-6-4-2;;/h2-10,18H,1H3;1-11,17H;1-9,13H;3-6,13H,1-2H3;1H,2H3;;/q;;;;;2*+2/p-4. The van der Waals surface area contributed by atoms with Crippen molar-refractivity contribution in [1.82, 2.24) is 9.97 Å². The highest BCUT2D eigenvalue weighted by molar-refractivity contribution is 6.22. The Morgan fingerprint density at radius 2 is 0.914 bits per heavy atom. The molecule has 0 amide bonds. The molecule has 0 aliphatic heterocycles. The summed E-state index contributed by atoms with van der Waals surface area (Å²) in [7, 11) is 0. The second kappa shape index (κ2) is 24.2. The molecule has 0 N–H and O–H groups in total. The minimum atomic E-state index is -0.721. The Morgan fingerprint density at radius 1 is 0.414 bits per heavy atom. The summed E-state index contributed by atoms with van der Waals surface area (Å²) < 4.78 is 24.0. The molecule has 0 aliphatic rings. The number of aromatic nitrogens is 2. The lowest BCUT2D eigenvalue weighted by atomic mass is 10.00. The fourth-order valence-corrected chi connectivity index (χ4v) is 9.02. The normalized spacial score (nSPS) is 10.0. The average Bonchev–Trinajstić information content (AvgIpc) is 3.40. The summed E-state index contributed by atoms with van der Waals surface area (Å²) in [5, 5.41) is 4.52. The third-order valence-electron chi connectivity index (χ3n) is 11.1. The molecule has 2 aromatic heterocycles. The van der Waals surface area contributed by atoms with Crippen LogP contribution in [-0.2, 0) is 0 Å². The third-order valence-corrected chi connectivity index (χ3v) is 12.5. The maximum absolute atomic E-state index is 6.08. The predicted octanol–water partition coefficient (Wildman–Crippen LogP) is 14.2. The van der Waals surface area contributed by atoms with Gasteiger partial charge in [0, 0.05) is 22.2 Å². The van der Waals surface area contributed by atoms with Gasteiger partial charge in [0.25, 0.3) is 0 Å². The van der Waals surface area contributed by atoms with Gasteiger partial charge in [0.15, 0.2) is 0 Å². The molecule has 70 heavy (non-hydrogen) atoms. The first-order chi connectivity index (χ1) is 34.4. The van der Waals surface area contributed by atoms with Gasteiger partial charge in [0.1, 0.15) is 22.5 Å². The van der Waals surface area contributed by atoms with Crippen molar-refractivity contribution in [2.75, 3.05) is 0 Å². The summed E-state index contributed by atoms with van der Waals surface area (Å²) in [6.07, 6.45) is 4.78. The highest BCUT2D eigenvalue weighted by atomic mass is 27.2.